The fourth-order valence-corrected chi connectivity index (χ4v) is 1.34. The number of amides is 1. The Labute approximate surface area is 104 Å². The number of hydrogen-bond acceptors (Lipinski definition) is 4. The highest BCUT2D eigenvalue weighted by Crippen LogP contribution is 2.21. The molecular weight excluding hydrogens is 236 g/mol. The van der Waals surface area contributed by atoms with Crippen LogP contribution in [0, 0.1) is 5.92 Å². The lowest BCUT2D eigenvalue weighted by Crippen LogP contribution is -2.40. The first-order chi connectivity index (χ1) is 8.32. The van der Waals surface area contributed by atoms with Gasteiger partial charge in [0.2, 0.25) is 5.91 Å². The molecule has 0 radical (unpaired) electrons. The normalized spacial score (nSPS) is 12.2. The lowest BCUT2D eigenvalue weighted by atomic mass is 10.0. The maximum Gasteiger partial charge on any atom is 0.337 e. The molecule has 0 aliphatic heterocycles. The van der Waals surface area contributed by atoms with E-state index in [1.165, 1.54) is 12.1 Å². The topological polar surface area (TPSA) is 113 Å². The van der Waals surface area contributed by atoms with Gasteiger partial charge in [0, 0.05) is 0 Å². The Morgan fingerprint density at radius 3 is 2.44 bits per heavy atom. The monoisotopic (exact) mass is 252 g/mol. The average Bonchev–Trinajstić information content (AvgIpc) is 2.29. The minimum absolute atomic E-state index is 0.0598. The van der Waals surface area contributed by atoms with Crippen molar-refractivity contribution >= 4 is 17.6 Å². The van der Waals surface area contributed by atoms with E-state index >= 15 is 0 Å². The van der Waals surface area contributed by atoms with E-state index in [4.69, 9.17) is 10.8 Å². The van der Waals surface area contributed by atoms with Gasteiger partial charge in [-0.25, -0.2) is 4.79 Å². The molecule has 1 amide bonds. The van der Waals surface area contributed by atoms with Crippen LogP contribution in [-0.4, -0.2) is 28.1 Å². The third kappa shape index (κ3) is 3.21. The van der Waals surface area contributed by atoms with Crippen LogP contribution in [0.3, 0.4) is 0 Å². The molecule has 0 unspecified atom stereocenters. The van der Waals surface area contributed by atoms with Crippen LogP contribution in [0.1, 0.15) is 24.2 Å². The molecule has 1 rings (SSSR count). The number of carboxylic acid groups (broad SMARTS) is 1. The van der Waals surface area contributed by atoms with Gasteiger partial charge in [0.15, 0.2) is 0 Å². The number of carbonyl (C=O) groups excluding carboxylic acids is 1. The fraction of sp³-hybridized carbons (Fsp3) is 0.333. The summed E-state index contributed by atoms with van der Waals surface area (Å²) in [4.78, 5) is 22.7. The number of anilines is 1. The van der Waals surface area contributed by atoms with Crippen molar-refractivity contribution in [3.05, 3.63) is 23.8 Å². The van der Waals surface area contributed by atoms with Crippen molar-refractivity contribution in [2.45, 2.75) is 19.9 Å². The molecule has 6 nitrogen and oxygen atoms in total. The molecule has 5 N–H and O–H groups in total. The minimum Gasteiger partial charge on any atom is -0.508 e. The van der Waals surface area contributed by atoms with E-state index in [1.54, 1.807) is 13.8 Å². The number of phenols is 1. The summed E-state index contributed by atoms with van der Waals surface area (Å²) in [5.74, 6) is -1.94. The first-order valence-electron chi connectivity index (χ1n) is 5.45. The number of benzene rings is 1. The van der Waals surface area contributed by atoms with Gasteiger partial charge in [0.05, 0.1) is 17.3 Å². The number of nitrogens with one attached hydrogen (secondary N) is 1. The van der Waals surface area contributed by atoms with Gasteiger partial charge in [-0.2, -0.15) is 0 Å². The molecule has 1 aromatic carbocycles. The molecule has 0 heterocycles. The number of nitrogens with two attached hydrogens (primary N) is 1. The zero-order valence-electron chi connectivity index (χ0n) is 10.2. The summed E-state index contributed by atoms with van der Waals surface area (Å²) in [7, 11) is 0. The predicted molar refractivity (Wildman–Crippen MR) is 66.5 cm³/mol. The van der Waals surface area contributed by atoms with Gasteiger partial charge in [-0.05, 0) is 24.1 Å². The number of rotatable bonds is 4. The SMILES string of the molecule is CC(C)[C@H](N)C(=O)Nc1ccc(O)cc1C(=O)O. The molecule has 0 saturated carbocycles. The Kier molecular flexibility index (Phi) is 4.28. The summed E-state index contributed by atoms with van der Waals surface area (Å²) < 4.78 is 0. The molecular formula is C12H16N2O4. The van der Waals surface area contributed by atoms with E-state index in [0.29, 0.717) is 0 Å². The molecule has 0 aliphatic carbocycles. The van der Waals surface area contributed by atoms with Crippen molar-refractivity contribution in [1.82, 2.24) is 0 Å². The molecule has 0 fully saturated rings. The molecule has 1 aromatic rings. The van der Waals surface area contributed by atoms with Crippen LogP contribution < -0.4 is 11.1 Å². The van der Waals surface area contributed by atoms with Crippen molar-refractivity contribution in [1.29, 1.82) is 0 Å². The second-order valence-corrected chi connectivity index (χ2v) is 4.29. The fourth-order valence-electron chi connectivity index (χ4n) is 1.34. The van der Waals surface area contributed by atoms with Gasteiger partial charge >= 0.3 is 5.97 Å². The standard InChI is InChI=1S/C12H16N2O4/c1-6(2)10(13)11(16)14-9-4-3-7(15)5-8(9)12(17)18/h3-6,10,15H,13H2,1-2H3,(H,14,16)(H,17,18)/t10-/m0/s1. The first kappa shape index (κ1) is 14.0. The van der Waals surface area contributed by atoms with Crippen molar-refractivity contribution in [2.75, 3.05) is 5.32 Å². The van der Waals surface area contributed by atoms with Gasteiger partial charge in [-0.1, -0.05) is 13.8 Å². The number of phenolic OH excluding ortho intramolecular Hbond substituents is 1. The van der Waals surface area contributed by atoms with Crippen molar-refractivity contribution in [3.63, 3.8) is 0 Å². The Morgan fingerprint density at radius 2 is 1.94 bits per heavy atom. The quantitative estimate of drug-likeness (QED) is 0.597. The molecule has 0 spiro atoms. The zero-order chi connectivity index (χ0) is 13.9. The summed E-state index contributed by atoms with van der Waals surface area (Å²) in [5, 5.41) is 20.6. The second-order valence-electron chi connectivity index (χ2n) is 4.29. The van der Waals surface area contributed by atoms with Crippen LogP contribution in [0.25, 0.3) is 0 Å². The molecule has 98 valence electrons. The molecule has 6 heteroatoms. The summed E-state index contributed by atoms with van der Waals surface area (Å²) in [6.45, 7) is 3.58. The van der Waals surface area contributed by atoms with Crippen molar-refractivity contribution in [3.8, 4) is 5.75 Å². The third-order valence-electron chi connectivity index (χ3n) is 2.51. The van der Waals surface area contributed by atoms with Crippen LogP contribution in [0.2, 0.25) is 0 Å². The van der Waals surface area contributed by atoms with E-state index in [2.05, 4.69) is 5.32 Å². The van der Waals surface area contributed by atoms with Gasteiger partial charge in [-0.15, -0.1) is 0 Å². The Hall–Kier alpha value is -2.08. The summed E-state index contributed by atoms with van der Waals surface area (Å²) in [5.41, 5.74) is 5.59. The third-order valence-corrected chi connectivity index (χ3v) is 2.51. The van der Waals surface area contributed by atoms with Crippen LogP contribution in [0.15, 0.2) is 18.2 Å². The molecule has 0 bridgehead atoms. The smallest absolute Gasteiger partial charge is 0.337 e. The number of carboxylic acids is 1. The Morgan fingerprint density at radius 1 is 1.33 bits per heavy atom. The van der Waals surface area contributed by atoms with E-state index in [-0.39, 0.29) is 22.9 Å². The number of aromatic carboxylic acids is 1. The van der Waals surface area contributed by atoms with Gasteiger partial charge in [0.1, 0.15) is 5.75 Å². The highest BCUT2D eigenvalue weighted by Gasteiger charge is 2.20. The lowest BCUT2D eigenvalue weighted by molar-refractivity contribution is -0.118. The average molecular weight is 252 g/mol. The van der Waals surface area contributed by atoms with E-state index < -0.39 is 17.9 Å². The molecule has 0 aliphatic rings. The molecule has 0 saturated heterocycles. The maximum absolute atomic E-state index is 11.7. The largest absolute Gasteiger partial charge is 0.508 e. The summed E-state index contributed by atoms with van der Waals surface area (Å²) in [6, 6.07) is 2.96. The van der Waals surface area contributed by atoms with Gasteiger partial charge < -0.3 is 21.3 Å². The van der Waals surface area contributed by atoms with Crippen LogP contribution in [0.5, 0.6) is 5.75 Å². The molecule has 1 atom stereocenters. The minimum atomic E-state index is -1.24. The Bertz CT molecular complexity index is 471. The molecule has 0 aromatic heterocycles. The van der Waals surface area contributed by atoms with Crippen molar-refractivity contribution in [2.24, 2.45) is 11.7 Å². The second kappa shape index (κ2) is 5.50. The summed E-state index contributed by atoms with van der Waals surface area (Å²) >= 11 is 0. The first-order valence-corrected chi connectivity index (χ1v) is 5.45. The van der Waals surface area contributed by atoms with Crippen LogP contribution in [0.4, 0.5) is 5.69 Å². The van der Waals surface area contributed by atoms with E-state index in [0.717, 1.165) is 6.07 Å². The van der Waals surface area contributed by atoms with E-state index in [1.807, 2.05) is 0 Å². The predicted octanol–water partition coefficient (Wildman–Crippen LogP) is 1.01. The van der Waals surface area contributed by atoms with E-state index in [9.17, 15) is 14.7 Å². The Balaban J connectivity index is 2.98. The zero-order valence-corrected chi connectivity index (χ0v) is 10.2. The highest BCUT2D eigenvalue weighted by atomic mass is 16.4. The number of aromatic hydroxyl groups is 1. The van der Waals surface area contributed by atoms with Crippen LogP contribution in [-0.2, 0) is 4.79 Å². The van der Waals surface area contributed by atoms with Gasteiger partial charge in [-0.3, -0.25) is 4.79 Å². The van der Waals surface area contributed by atoms with Crippen LogP contribution >= 0.6 is 0 Å². The maximum atomic E-state index is 11.7. The summed E-state index contributed by atoms with van der Waals surface area (Å²) in [6.07, 6.45) is 0. The van der Waals surface area contributed by atoms with Crippen molar-refractivity contribution < 1.29 is 19.8 Å². The number of hydrogen-bond donors (Lipinski definition) is 4. The van der Waals surface area contributed by atoms with Gasteiger partial charge in [0.25, 0.3) is 0 Å². The number of carbonyl (C=O) groups is 2. The lowest BCUT2D eigenvalue weighted by Gasteiger charge is -2.16. The molecule has 18 heavy (non-hydrogen) atoms. The highest BCUT2D eigenvalue weighted by molar-refractivity contribution is 6.02.